The molecule has 0 aliphatic carbocycles. The molecule has 0 fully saturated rings. The lowest BCUT2D eigenvalue weighted by atomic mass is 9.96. The zero-order valence-corrected chi connectivity index (χ0v) is 13.2. The maximum Gasteiger partial charge on any atom is 0.416 e. The summed E-state index contributed by atoms with van der Waals surface area (Å²) < 4.78 is 78.5. The Bertz CT molecular complexity index is 1010. The first-order valence-electron chi connectivity index (χ1n) is 7.39. The third kappa shape index (κ3) is 3.71. The first-order valence-corrected chi connectivity index (χ1v) is 7.39. The van der Waals surface area contributed by atoms with Crippen molar-refractivity contribution in [2.75, 3.05) is 0 Å². The number of pyridine rings is 1. The van der Waals surface area contributed by atoms with Crippen LogP contribution in [-0.4, -0.2) is 16.1 Å². The second-order valence-corrected chi connectivity index (χ2v) is 5.69. The molecule has 27 heavy (non-hydrogen) atoms. The Hall–Kier alpha value is -3.10. The number of fused-ring (bicyclic) bond motifs is 1. The van der Waals surface area contributed by atoms with Gasteiger partial charge in [0.2, 0.25) is 0 Å². The molecule has 0 atom stereocenters. The van der Waals surface area contributed by atoms with Gasteiger partial charge in [0.25, 0.3) is 0 Å². The van der Waals surface area contributed by atoms with E-state index >= 15 is 0 Å². The van der Waals surface area contributed by atoms with Crippen molar-refractivity contribution in [2.24, 2.45) is 0 Å². The molecule has 140 valence electrons. The van der Waals surface area contributed by atoms with Gasteiger partial charge in [-0.3, -0.25) is 4.98 Å². The number of hydrogen-bond acceptors (Lipinski definition) is 2. The van der Waals surface area contributed by atoms with Crippen LogP contribution in [0, 0.1) is 0 Å². The Morgan fingerprint density at radius 3 is 1.96 bits per heavy atom. The number of halogens is 6. The van der Waals surface area contributed by atoms with Crippen molar-refractivity contribution in [3.05, 3.63) is 65.4 Å². The van der Waals surface area contributed by atoms with Crippen molar-refractivity contribution >= 4 is 16.9 Å². The van der Waals surface area contributed by atoms with Gasteiger partial charge in [-0.2, -0.15) is 26.3 Å². The maximum atomic E-state index is 13.1. The Morgan fingerprint density at radius 2 is 1.44 bits per heavy atom. The summed E-state index contributed by atoms with van der Waals surface area (Å²) >= 11 is 0. The number of rotatable bonds is 2. The number of benzene rings is 2. The summed E-state index contributed by atoms with van der Waals surface area (Å²) in [5, 5.41) is 9.22. The van der Waals surface area contributed by atoms with Crippen LogP contribution in [0.25, 0.3) is 22.0 Å². The molecule has 9 heteroatoms. The number of carboxylic acids is 1. The quantitative estimate of drug-likeness (QED) is 0.581. The molecule has 3 rings (SSSR count). The number of alkyl halides is 6. The topological polar surface area (TPSA) is 50.2 Å². The standard InChI is InChI=1S/C18H9F6NO2/c19-17(20,21)11-5-10(6-12(8-11)18(22,23)24)13-3-4-25-15-2-1-9(16(26)27)7-14(13)15/h1-8H,(H,26,27). The molecule has 0 radical (unpaired) electrons. The van der Waals surface area contributed by atoms with Crippen LogP contribution < -0.4 is 0 Å². The van der Waals surface area contributed by atoms with Crippen LogP contribution in [-0.2, 0) is 12.4 Å². The van der Waals surface area contributed by atoms with Crippen LogP contribution in [0.4, 0.5) is 26.3 Å². The Balaban J connectivity index is 2.33. The highest BCUT2D eigenvalue weighted by Gasteiger charge is 2.37. The minimum absolute atomic E-state index is 0.0136. The number of carboxylic acid groups (broad SMARTS) is 1. The summed E-state index contributed by atoms with van der Waals surface area (Å²) in [7, 11) is 0. The van der Waals surface area contributed by atoms with Crippen molar-refractivity contribution in [3.8, 4) is 11.1 Å². The summed E-state index contributed by atoms with van der Waals surface area (Å²) in [6.07, 6.45) is -8.73. The largest absolute Gasteiger partial charge is 0.478 e. The molecule has 0 saturated carbocycles. The average molecular weight is 385 g/mol. The Labute approximate surface area is 147 Å². The predicted molar refractivity (Wildman–Crippen MR) is 84.1 cm³/mol. The minimum atomic E-state index is -4.98. The highest BCUT2D eigenvalue weighted by atomic mass is 19.4. The molecule has 0 amide bonds. The second kappa shape index (κ2) is 6.26. The SMILES string of the molecule is O=C(O)c1ccc2nccc(-c3cc(C(F)(F)F)cc(C(F)(F)F)c3)c2c1. The minimum Gasteiger partial charge on any atom is -0.478 e. The third-order valence-electron chi connectivity index (χ3n) is 3.89. The molecule has 0 aliphatic heterocycles. The molecule has 1 heterocycles. The lowest BCUT2D eigenvalue weighted by Gasteiger charge is -2.15. The molecule has 3 nitrogen and oxygen atoms in total. The summed E-state index contributed by atoms with van der Waals surface area (Å²) in [6.45, 7) is 0. The van der Waals surface area contributed by atoms with Gasteiger partial charge in [-0.05, 0) is 53.6 Å². The van der Waals surface area contributed by atoms with Crippen molar-refractivity contribution in [3.63, 3.8) is 0 Å². The predicted octanol–water partition coefficient (Wildman–Crippen LogP) is 5.64. The van der Waals surface area contributed by atoms with Gasteiger partial charge < -0.3 is 5.11 Å². The van der Waals surface area contributed by atoms with Gasteiger partial charge in [0, 0.05) is 11.6 Å². The fourth-order valence-electron chi connectivity index (χ4n) is 2.64. The van der Waals surface area contributed by atoms with Gasteiger partial charge >= 0.3 is 18.3 Å². The maximum absolute atomic E-state index is 13.1. The number of carbonyl (C=O) groups is 1. The monoisotopic (exact) mass is 385 g/mol. The fraction of sp³-hybridized carbons (Fsp3) is 0.111. The molecule has 3 aromatic rings. The van der Waals surface area contributed by atoms with E-state index < -0.39 is 29.4 Å². The number of aromatic nitrogens is 1. The highest BCUT2D eigenvalue weighted by molar-refractivity contribution is 5.99. The zero-order chi connectivity index (χ0) is 20.0. The zero-order valence-electron chi connectivity index (χ0n) is 13.2. The van der Waals surface area contributed by atoms with Gasteiger partial charge in [0.1, 0.15) is 0 Å². The van der Waals surface area contributed by atoms with Crippen LogP contribution in [0.2, 0.25) is 0 Å². The molecule has 0 bridgehead atoms. The summed E-state index contributed by atoms with van der Waals surface area (Å²) in [5.74, 6) is -1.29. The average Bonchev–Trinajstić information content (AvgIpc) is 2.58. The van der Waals surface area contributed by atoms with E-state index in [0.717, 1.165) is 6.07 Å². The van der Waals surface area contributed by atoms with E-state index in [1.54, 1.807) is 0 Å². The van der Waals surface area contributed by atoms with E-state index in [4.69, 9.17) is 5.11 Å². The van der Waals surface area contributed by atoms with E-state index in [0.29, 0.717) is 12.1 Å². The summed E-state index contributed by atoms with van der Waals surface area (Å²) in [5.41, 5.74) is -3.16. The van der Waals surface area contributed by atoms with Crippen molar-refractivity contribution in [1.82, 2.24) is 4.98 Å². The molecule has 0 spiro atoms. The Kier molecular flexibility index (Phi) is 4.33. The van der Waals surface area contributed by atoms with E-state index in [1.165, 1.54) is 24.4 Å². The lowest BCUT2D eigenvalue weighted by molar-refractivity contribution is -0.143. The van der Waals surface area contributed by atoms with Crippen LogP contribution >= 0.6 is 0 Å². The number of nitrogens with zero attached hydrogens (tertiary/aromatic N) is 1. The molecule has 0 unspecified atom stereocenters. The van der Waals surface area contributed by atoms with Gasteiger partial charge in [0.15, 0.2) is 0 Å². The number of hydrogen-bond donors (Lipinski definition) is 1. The third-order valence-corrected chi connectivity index (χ3v) is 3.89. The van der Waals surface area contributed by atoms with Gasteiger partial charge in [-0.1, -0.05) is 0 Å². The van der Waals surface area contributed by atoms with Crippen molar-refractivity contribution in [2.45, 2.75) is 12.4 Å². The van der Waals surface area contributed by atoms with Gasteiger partial charge in [0.05, 0.1) is 22.2 Å². The van der Waals surface area contributed by atoms with Gasteiger partial charge in [-0.15, -0.1) is 0 Å². The number of aromatic carboxylic acids is 1. The summed E-state index contributed by atoms with van der Waals surface area (Å²) in [4.78, 5) is 15.1. The molecule has 1 N–H and O–H groups in total. The van der Waals surface area contributed by atoms with Crippen molar-refractivity contribution < 1.29 is 36.2 Å². The van der Waals surface area contributed by atoms with Crippen molar-refractivity contribution in [1.29, 1.82) is 0 Å². The molecular formula is C18H9F6NO2. The van der Waals surface area contributed by atoms with Crippen LogP contribution in [0.15, 0.2) is 48.7 Å². The van der Waals surface area contributed by atoms with Crippen LogP contribution in [0.3, 0.4) is 0 Å². The molecule has 1 aromatic heterocycles. The normalized spacial score (nSPS) is 12.4. The van der Waals surface area contributed by atoms with E-state index in [9.17, 15) is 31.1 Å². The van der Waals surface area contributed by atoms with E-state index in [-0.39, 0.29) is 33.7 Å². The molecule has 0 aliphatic rings. The van der Waals surface area contributed by atoms with E-state index in [2.05, 4.69) is 4.98 Å². The molecule has 0 saturated heterocycles. The first kappa shape index (κ1) is 18.7. The van der Waals surface area contributed by atoms with Gasteiger partial charge in [-0.25, -0.2) is 4.79 Å². The Morgan fingerprint density at radius 1 is 0.852 bits per heavy atom. The fourth-order valence-corrected chi connectivity index (χ4v) is 2.64. The first-order chi connectivity index (χ1) is 12.5. The summed E-state index contributed by atoms with van der Waals surface area (Å²) in [6, 6.07) is 6.21. The van der Waals surface area contributed by atoms with E-state index in [1.807, 2.05) is 0 Å². The van der Waals surface area contributed by atoms with Crippen LogP contribution in [0.5, 0.6) is 0 Å². The smallest absolute Gasteiger partial charge is 0.416 e. The lowest BCUT2D eigenvalue weighted by Crippen LogP contribution is -2.11. The van der Waals surface area contributed by atoms with Crippen LogP contribution in [0.1, 0.15) is 21.5 Å². The molecular weight excluding hydrogens is 376 g/mol. The second-order valence-electron chi connectivity index (χ2n) is 5.69. The highest BCUT2D eigenvalue weighted by Crippen LogP contribution is 2.39. The molecule has 2 aromatic carbocycles.